The number of hydrogen-bond acceptors (Lipinski definition) is 7. The number of aryl methyl sites for hydroxylation is 2. The first kappa shape index (κ1) is 23.4. The van der Waals surface area contributed by atoms with Crippen molar-refractivity contribution < 1.29 is 28.2 Å². The Morgan fingerprint density at radius 3 is 2.47 bits per heavy atom. The number of carbonyl (C=O) groups excluding carboxylic acids is 2. The Bertz CT molecular complexity index is 1280. The molecule has 0 saturated heterocycles. The smallest absolute Gasteiger partial charge is 0.336 e. The summed E-state index contributed by atoms with van der Waals surface area (Å²) in [5.74, 6) is -0.0550. The van der Waals surface area contributed by atoms with Crippen LogP contribution in [0.25, 0.3) is 11.0 Å². The maximum Gasteiger partial charge on any atom is 0.336 e. The van der Waals surface area contributed by atoms with E-state index in [1.54, 1.807) is 18.2 Å². The van der Waals surface area contributed by atoms with Crippen LogP contribution >= 0.6 is 0 Å². The molecule has 1 N–H and O–H groups in total. The summed E-state index contributed by atoms with van der Waals surface area (Å²) in [5.41, 5.74) is 3.32. The molecule has 0 unspecified atom stereocenters. The summed E-state index contributed by atoms with van der Waals surface area (Å²) in [5, 5.41) is 3.31. The summed E-state index contributed by atoms with van der Waals surface area (Å²) >= 11 is 0. The maximum atomic E-state index is 12.5. The van der Waals surface area contributed by atoms with E-state index < -0.39 is 17.5 Å². The van der Waals surface area contributed by atoms with E-state index in [1.165, 1.54) is 17.2 Å². The highest BCUT2D eigenvalue weighted by Gasteiger charge is 2.17. The number of nitrogens with one attached hydrogen (secondary N) is 1. The normalized spacial score (nSPS) is 12.3. The number of amides is 1. The van der Waals surface area contributed by atoms with Crippen molar-refractivity contribution in [3.8, 4) is 11.5 Å². The van der Waals surface area contributed by atoms with Gasteiger partial charge in [-0.15, -0.1) is 0 Å². The Kier molecular flexibility index (Phi) is 7.15. The van der Waals surface area contributed by atoms with Gasteiger partial charge in [0.15, 0.2) is 11.5 Å². The molecule has 1 heterocycles. The van der Waals surface area contributed by atoms with Crippen molar-refractivity contribution in [1.29, 1.82) is 0 Å². The number of benzene rings is 2. The predicted molar refractivity (Wildman–Crippen MR) is 125 cm³/mol. The van der Waals surface area contributed by atoms with Gasteiger partial charge in [-0.1, -0.05) is 0 Å². The molecule has 0 fully saturated rings. The van der Waals surface area contributed by atoms with Crippen LogP contribution in [0.1, 0.15) is 47.3 Å². The van der Waals surface area contributed by atoms with Crippen LogP contribution in [0.5, 0.6) is 11.5 Å². The second kappa shape index (κ2) is 10.4. The van der Waals surface area contributed by atoms with Crippen molar-refractivity contribution in [2.75, 3.05) is 19.8 Å². The number of rotatable bonds is 9. The average molecular weight is 466 g/mol. The highest BCUT2D eigenvalue weighted by Crippen LogP contribution is 2.29. The fourth-order valence-corrected chi connectivity index (χ4v) is 4.07. The van der Waals surface area contributed by atoms with E-state index >= 15 is 0 Å². The van der Waals surface area contributed by atoms with Crippen molar-refractivity contribution >= 4 is 22.8 Å². The van der Waals surface area contributed by atoms with E-state index in [1.807, 2.05) is 26.0 Å². The Morgan fingerprint density at radius 2 is 1.71 bits per heavy atom. The zero-order chi connectivity index (χ0) is 24.1. The summed E-state index contributed by atoms with van der Waals surface area (Å²) in [6.45, 7) is 4.19. The fraction of sp³-hybridized carbons (Fsp3) is 0.346. The number of fused-ring (bicyclic) bond motifs is 2. The van der Waals surface area contributed by atoms with Gasteiger partial charge >= 0.3 is 11.6 Å². The molecule has 1 amide bonds. The maximum absolute atomic E-state index is 12.5. The van der Waals surface area contributed by atoms with Gasteiger partial charge in [-0.3, -0.25) is 9.59 Å². The largest absolute Gasteiger partial charge is 0.490 e. The first-order valence-electron chi connectivity index (χ1n) is 11.4. The number of carbonyl (C=O) groups is 2. The third-order valence-electron chi connectivity index (χ3n) is 5.63. The first-order valence-corrected chi connectivity index (χ1v) is 11.4. The van der Waals surface area contributed by atoms with E-state index in [2.05, 4.69) is 5.32 Å². The molecule has 34 heavy (non-hydrogen) atoms. The summed E-state index contributed by atoms with van der Waals surface area (Å²) in [4.78, 5) is 36.8. The predicted octanol–water partition coefficient (Wildman–Crippen LogP) is 3.55. The lowest BCUT2D eigenvalue weighted by Gasteiger charge is -2.12. The summed E-state index contributed by atoms with van der Waals surface area (Å²) in [6, 6.07) is 10.1. The second-order valence-corrected chi connectivity index (χ2v) is 7.93. The van der Waals surface area contributed by atoms with Crippen LogP contribution in [0.15, 0.2) is 45.6 Å². The molecule has 8 nitrogen and oxygen atoms in total. The molecule has 1 aliphatic carbocycles. The van der Waals surface area contributed by atoms with Gasteiger partial charge in [0, 0.05) is 22.6 Å². The Hall–Kier alpha value is -3.81. The van der Waals surface area contributed by atoms with E-state index in [-0.39, 0.29) is 13.2 Å². The Balaban J connectivity index is 1.38. The molecular formula is C26H27NO7. The SMILES string of the molecule is CCOc1ccc(C(=O)NCC(=O)OCc2cc(=O)oc3cc4c(cc23)CCC4)cc1OCC. The van der Waals surface area contributed by atoms with E-state index in [0.29, 0.717) is 41.4 Å². The van der Waals surface area contributed by atoms with Gasteiger partial charge in [-0.05, 0) is 74.6 Å². The molecule has 3 aromatic rings. The van der Waals surface area contributed by atoms with Gasteiger partial charge in [-0.2, -0.15) is 0 Å². The van der Waals surface area contributed by atoms with Crippen molar-refractivity contribution in [3.63, 3.8) is 0 Å². The monoisotopic (exact) mass is 465 g/mol. The quantitative estimate of drug-likeness (QED) is 0.381. The minimum absolute atomic E-state index is 0.0901. The molecular weight excluding hydrogens is 438 g/mol. The van der Waals surface area contributed by atoms with Crippen molar-refractivity contribution in [1.82, 2.24) is 5.32 Å². The van der Waals surface area contributed by atoms with Crippen LogP contribution in [0.4, 0.5) is 0 Å². The van der Waals surface area contributed by atoms with E-state index in [9.17, 15) is 14.4 Å². The molecule has 4 rings (SSSR count). The lowest BCUT2D eigenvalue weighted by Crippen LogP contribution is -2.30. The molecule has 0 atom stereocenters. The number of esters is 1. The van der Waals surface area contributed by atoms with Gasteiger partial charge in [0.2, 0.25) is 0 Å². The van der Waals surface area contributed by atoms with Crippen LogP contribution < -0.4 is 20.4 Å². The third kappa shape index (κ3) is 5.22. The molecule has 0 spiro atoms. The lowest BCUT2D eigenvalue weighted by atomic mass is 10.0. The Morgan fingerprint density at radius 1 is 0.971 bits per heavy atom. The molecule has 2 aromatic carbocycles. The highest BCUT2D eigenvalue weighted by atomic mass is 16.5. The second-order valence-electron chi connectivity index (χ2n) is 7.93. The highest BCUT2D eigenvalue weighted by molar-refractivity contribution is 5.96. The Labute approximate surface area is 196 Å². The van der Waals surface area contributed by atoms with Crippen molar-refractivity contribution in [2.45, 2.75) is 39.7 Å². The van der Waals surface area contributed by atoms with Crippen LogP contribution in [-0.4, -0.2) is 31.6 Å². The van der Waals surface area contributed by atoms with Crippen LogP contribution in [0, 0.1) is 0 Å². The summed E-state index contributed by atoms with van der Waals surface area (Å²) in [6.07, 6.45) is 3.01. The standard InChI is InChI=1S/C26H27NO7/c1-3-31-21-9-8-18(12-23(21)32-4-2)26(30)27-14-25(29)33-15-19-13-24(28)34-22-11-17-7-5-6-16(17)10-20(19)22/h8-13H,3-7,14-15H2,1-2H3,(H,27,30). The molecule has 1 aromatic heterocycles. The van der Waals surface area contributed by atoms with Gasteiger partial charge in [0.1, 0.15) is 18.7 Å². The van der Waals surface area contributed by atoms with E-state index in [4.69, 9.17) is 18.6 Å². The first-order chi connectivity index (χ1) is 16.5. The molecule has 8 heteroatoms. The molecule has 0 bridgehead atoms. The van der Waals surface area contributed by atoms with Crippen molar-refractivity contribution in [3.05, 3.63) is 69.1 Å². The van der Waals surface area contributed by atoms with Crippen molar-refractivity contribution in [2.24, 2.45) is 0 Å². The van der Waals surface area contributed by atoms with Gasteiger partial charge in [0.05, 0.1) is 13.2 Å². The summed E-state index contributed by atoms with van der Waals surface area (Å²) in [7, 11) is 0. The van der Waals surface area contributed by atoms with Gasteiger partial charge in [-0.25, -0.2) is 4.79 Å². The molecule has 1 aliphatic rings. The van der Waals surface area contributed by atoms with Gasteiger partial charge in [0.25, 0.3) is 5.91 Å². The molecule has 178 valence electrons. The zero-order valence-corrected chi connectivity index (χ0v) is 19.3. The molecule has 0 aliphatic heterocycles. The van der Waals surface area contributed by atoms with Gasteiger partial charge < -0.3 is 23.9 Å². The molecule has 0 saturated carbocycles. The minimum Gasteiger partial charge on any atom is -0.490 e. The van der Waals surface area contributed by atoms with Crippen LogP contribution in [0.3, 0.4) is 0 Å². The number of ether oxygens (including phenoxy) is 3. The summed E-state index contributed by atoms with van der Waals surface area (Å²) < 4.78 is 21.7. The van der Waals surface area contributed by atoms with Crippen LogP contribution in [-0.2, 0) is 29.0 Å². The lowest BCUT2D eigenvalue weighted by molar-refractivity contribution is -0.143. The average Bonchev–Trinajstić information content (AvgIpc) is 3.28. The third-order valence-corrected chi connectivity index (χ3v) is 5.63. The molecule has 0 radical (unpaired) electrons. The van der Waals surface area contributed by atoms with Crippen LogP contribution in [0.2, 0.25) is 0 Å². The number of hydrogen-bond donors (Lipinski definition) is 1. The zero-order valence-electron chi connectivity index (χ0n) is 19.3. The topological polar surface area (TPSA) is 104 Å². The minimum atomic E-state index is -0.619. The fourth-order valence-electron chi connectivity index (χ4n) is 4.07. The van der Waals surface area contributed by atoms with E-state index in [0.717, 1.165) is 24.6 Å².